The maximum absolute atomic E-state index is 11.4. The van der Waals surface area contributed by atoms with Gasteiger partial charge in [-0.1, -0.05) is 0 Å². The maximum Gasteiger partial charge on any atom is 0.341 e. The molecule has 82 valence electrons. The Morgan fingerprint density at radius 2 is 2.53 bits per heavy atom. The lowest BCUT2D eigenvalue weighted by atomic mass is 10.2. The standard InChI is InChI=1S/C10H14N2O3/c1-7-9(10(13)14-2)5-12(11-7)8-3-4-15-6-8/h5,8H,3-4,6H2,1-2H3. The first kappa shape index (κ1) is 10.2. The smallest absolute Gasteiger partial charge is 0.341 e. The van der Waals surface area contributed by atoms with Gasteiger partial charge in [-0.25, -0.2) is 4.79 Å². The zero-order valence-corrected chi connectivity index (χ0v) is 8.90. The Kier molecular flexibility index (Phi) is 2.73. The van der Waals surface area contributed by atoms with E-state index in [-0.39, 0.29) is 12.0 Å². The molecule has 0 spiro atoms. The molecule has 0 saturated carbocycles. The topological polar surface area (TPSA) is 53.4 Å². The minimum atomic E-state index is -0.335. The summed E-state index contributed by atoms with van der Waals surface area (Å²) in [4.78, 5) is 11.4. The van der Waals surface area contributed by atoms with E-state index in [9.17, 15) is 4.79 Å². The minimum absolute atomic E-state index is 0.252. The Hall–Kier alpha value is -1.36. The van der Waals surface area contributed by atoms with Crippen molar-refractivity contribution in [3.8, 4) is 0 Å². The van der Waals surface area contributed by atoms with Gasteiger partial charge in [0.25, 0.3) is 0 Å². The number of aromatic nitrogens is 2. The highest BCUT2D eigenvalue weighted by atomic mass is 16.5. The molecule has 0 aliphatic carbocycles. The zero-order valence-electron chi connectivity index (χ0n) is 8.90. The van der Waals surface area contributed by atoms with E-state index in [4.69, 9.17) is 4.74 Å². The van der Waals surface area contributed by atoms with Gasteiger partial charge in [0.15, 0.2) is 0 Å². The largest absolute Gasteiger partial charge is 0.465 e. The molecule has 0 bridgehead atoms. The summed E-state index contributed by atoms with van der Waals surface area (Å²) in [5, 5.41) is 4.30. The Morgan fingerprint density at radius 1 is 1.73 bits per heavy atom. The number of methoxy groups -OCH3 is 1. The average molecular weight is 210 g/mol. The van der Waals surface area contributed by atoms with E-state index in [0.717, 1.165) is 13.0 Å². The number of esters is 1. The fourth-order valence-electron chi connectivity index (χ4n) is 1.71. The first-order valence-corrected chi connectivity index (χ1v) is 4.94. The number of ether oxygens (including phenoxy) is 2. The van der Waals surface area contributed by atoms with Gasteiger partial charge in [-0.05, 0) is 13.3 Å². The Morgan fingerprint density at radius 3 is 3.13 bits per heavy atom. The molecule has 0 N–H and O–H groups in total. The summed E-state index contributed by atoms with van der Waals surface area (Å²) in [5.74, 6) is -0.335. The number of nitrogens with zero attached hydrogens (tertiary/aromatic N) is 2. The van der Waals surface area contributed by atoms with E-state index in [1.165, 1.54) is 7.11 Å². The third-order valence-corrected chi connectivity index (χ3v) is 2.60. The molecule has 1 unspecified atom stereocenters. The molecule has 0 amide bonds. The first-order chi connectivity index (χ1) is 7.22. The van der Waals surface area contributed by atoms with Gasteiger partial charge in [0.05, 0.1) is 25.5 Å². The van der Waals surface area contributed by atoms with Gasteiger partial charge in [-0.2, -0.15) is 5.10 Å². The summed E-state index contributed by atoms with van der Waals surface area (Å²) < 4.78 is 11.7. The van der Waals surface area contributed by atoms with Crippen LogP contribution >= 0.6 is 0 Å². The Balaban J connectivity index is 2.23. The Bertz CT molecular complexity index is 367. The van der Waals surface area contributed by atoms with Gasteiger partial charge in [-0.3, -0.25) is 4.68 Å². The summed E-state index contributed by atoms with van der Waals surface area (Å²) in [6.07, 6.45) is 2.68. The van der Waals surface area contributed by atoms with Crippen LogP contribution in [-0.4, -0.2) is 36.1 Å². The molecule has 15 heavy (non-hydrogen) atoms. The lowest BCUT2D eigenvalue weighted by Gasteiger charge is -2.06. The molecule has 1 aliphatic rings. The molecule has 0 radical (unpaired) electrons. The predicted molar refractivity (Wildman–Crippen MR) is 52.8 cm³/mol. The van der Waals surface area contributed by atoms with Gasteiger partial charge in [0.1, 0.15) is 5.56 Å². The zero-order chi connectivity index (χ0) is 10.8. The quantitative estimate of drug-likeness (QED) is 0.682. The molecule has 5 heteroatoms. The van der Waals surface area contributed by atoms with Crippen LogP contribution in [-0.2, 0) is 9.47 Å². The van der Waals surface area contributed by atoms with E-state index in [1.54, 1.807) is 17.8 Å². The molecule has 1 saturated heterocycles. The first-order valence-electron chi connectivity index (χ1n) is 4.94. The second-order valence-corrected chi connectivity index (χ2v) is 3.62. The van der Waals surface area contributed by atoms with Crippen LogP contribution in [0.2, 0.25) is 0 Å². The predicted octanol–water partition coefficient (Wildman–Crippen LogP) is 0.940. The highest BCUT2D eigenvalue weighted by Crippen LogP contribution is 2.19. The summed E-state index contributed by atoms with van der Waals surface area (Å²) >= 11 is 0. The van der Waals surface area contributed by atoms with Crippen molar-refractivity contribution < 1.29 is 14.3 Å². The number of carbonyl (C=O) groups is 1. The lowest BCUT2D eigenvalue weighted by molar-refractivity contribution is 0.0599. The van der Waals surface area contributed by atoms with Crippen LogP contribution < -0.4 is 0 Å². The number of hydrogen-bond acceptors (Lipinski definition) is 4. The molecule has 1 aromatic heterocycles. The molecular formula is C10H14N2O3. The summed E-state index contributed by atoms with van der Waals surface area (Å²) in [7, 11) is 1.37. The number of hydrogen-bond donors (Lipinski definition) is 0. The molecule has 0 aromatic carbocycles. The molecule has 2 rings (SSSR count). The van der Waals surface area contributed by atoms with E-state index in [0.29, 0.717) is 17.9 Å². The summed E-state index contributed by atoms with van der Waals surface area (Å²) in [6.45, 7) is 3.23. The van der Waals surface area contributed by atoms with Crippen LogP contribution in [0.25, 0.3) is 0 Å². The van der Waals surface area contributed by atoms with Gasteiger partial charge in [-0.15, -0.1) is 0 Å². The molecular weight excluding hydrogens is 196 g/mol. The number of rotatable bonds is 2. The SMILES string of the molecule is COC(=O)c1cn(C2CCOC2)nc1C. The van der Waals surface area contributed by atoms with Crippen molar-refractivity contribution in [1.82, 2.24) is 9.78 Å². The van der Waals surface area contributed by atoms with E-state index in [1.807, 2.05) is 0 Å². The van der Waals surface area contributed by atoms with Gasteiger partial charge < -0.3 is 9.47 Å². The van der Waals surface area contributed by atoms with Crippen molar-refractivity contribution in [3.05, 3.63) is 17.5 Å². The van der Waals surface area contributed by atoms with Crippen LogP contribution in [0.1, 0.15) is 28.5 Å². The van der Waals surface area contributed by atoms with Crippen molar-refractivity contribution in [2.24, 2.45) is 0 Å². The number of carbonyl (C=O) groups excluding carboxylic acids is 1. The molecule has 1 atom stereocenters. The maximum atomic E-state index is 11.4. The van der Waals surface area contributed by atoms with Crippen LogP contribution in [0, 0.1) is 6.92 Å². The van der Waals surface area contributed by atoms with Crippen LogP contribution in [0.15, 0.2) is 6.20 Å². The van der Waals surface area contributed by atoms with E-state index < -0.39 is 0 Å². The van der Waals surface area contributed by atoms with E-state index in [2.05, 4.69) is 9.84 Å². The van der Waals surface area contributed by atoms with Crippen LogP contribution in [0.3, 0.4) is 0 Å². The molecule has 1 fully saturated rings. The lowest BCUT2D eigenvalue weighted by Crippen LogP contribution is -2.09. The van der Waals surface area contributed by atoms with Crippen LogP contribution in [0.4, 0.5) is 0 Å². The molecule has 1 aromatic rings. The molecule has 5 nitrogen and oxygen atoms in total. The third-order valence-electron chi connectivity index (χ3n) is 2.60. The molecule has 1 aliphatic heterocycles. The monoisotopic (exact) mass is 210 g/mol. The normalized spacial score (nSPS) is 20.5. The number of aryl methyl sites for hydroxylation is 1. The van der Waals surface area contributed by atoms with E-state index >= 15 is 0 Å². The van der Waals surface area contributed by atoms with Crippen molar-refractivity contribution >= 4 is 5.97 Å². The van der Waals surface area contributed by atoms with Crippen molar-refractivity contribution in [2.75, 3.05) is 20.3 Å². The van der Waals surface area contributed by atoms with Gasteiger partial charge >= 0.3 is 5.97 Å². The van der Waals surface area contributed by atoms with Crippen LogP contribution in [0.5, 0.6) is 0 Å². The molecule has 2 heterocycles. The Labute approximate surface area is 88.0 Å². The highest BCUT2D eigenvalue weighted by Gasteiger charge is 2.21. The van der Waals surface area contributed by atoms with Gasteiger partial charge in [0.2, 0.25) is 0 Å². The fraction of sp³-hybridized carbons (Fsp3) is 0.600. The minimum Gasteiger partial charge on any atom is -0.465 e. The summed E-state index contributed by atoms with van der Waals surface area (Å²) in [6, 6.07) is 0.252. The second kappa shape index (κ2) is 4.02. The van der Waals surface area contributed by atoms with Crippen molar-refractivity contribution in [1.29, 1.82) is 0 Å². The van der Waals surface area contributed by atoms with Crippen molar-refractivity contribution in [2.45, 2.75) is 19.4 Å². The van der Waals surface area contributed by atoms with Crippen molar-refractivity contribution in [3.63, 3.8) is 0 Å². The average Bonchev–Trinajstić information content (AvgIpc) is 2.84. The highest BCUT2D eigenvalue weighted by molar-refractivity contribution is 5.90. The fourth-order valence-corrected chi connectivity index (χ4v) is 1.71. The second-order valence-electron chi connectivity index (χ2n) is 3.62. The third kappa shape index (κ3) is 1.87. The summed E-state index contributed by atoms with van der Waals surface area (Å²) in [5.41, 5.74) is 1.23. The van der Waals surface area contributed by atoms with Gasteiger partial charge in [0, 0.05) is 12.8 Å².